The molecule has 0 spiro atoms. The van der Waals surface area contributed by atoms with E-state index in [0.29, 0.717) is 0 Å². The predicted molar refractivity (Wildman–Crippen MR) is 83.9 cm³/mol. The third-order valence-electron chi connectivity index (χ3n) is 3.68. The molecule has 1 aliphatic rings. The van der Waals surface area contributed by atoms with Crippen molar-refractivity contribution in [1.82, 2.24) is 9.88 Å². The number of ether oxygens (including phenoxy) is 1. The summed E-state index contributed by atoms with van der Waals surface area (Å²) in [6.45, 7) is 5.87. The van der Waals surface area contributed by atoms with Crippen molar-refractivity contribution in [2.24, 2.45) is 5.73 Å². The zero-order valence-corrected chi connectivity index (χ0v) is 12.5. The van der Waals surface area contributed by atoms with Crippen LogP contribution in [0.2, 0.25) is 0 Å². The van der Waals surface area contributed by atoms with Crippen molar-refractivity contribution in [3.63, 3.8) is 0 Å². The second-order valence-corrected chi connectivity index (χ2v) is 5.93. The fourth-order valence-electron chi connectivity index (χ4n) is 2.56. The van der Waals surface area contributed by atoms with E-state index in [1.165, 1.54) is 4.70 Å². The first-order valence-electron chi connectivity index (χ1n) is 6.92. The van der Waals surface area contributed by atoms with Gasteiger partial charge >= 0.3 is 0 Å². The lowest BCUT2D eigenvalue weighted by atomic mass is 10.3. The predicted octanol–water partition coefficient (Wildman–Crippen LogP) is 1.39. The Morgan fingerprint density at radius 1 is 1.30 bits per heavy atom. The van der Waals surface area contributed by atoms with Gasteiger partial charge in [-0.15, -0.1) is 0 Å². The van der Waals surface area contributed by atoms with Crippen molar-refractivity contribution in [3.8, 4) is 5.75 Å². The molecule has 0 atom stereocenters. The van der Waals surface area contributed by atoms with E-state index in [-0.39, 0.29) is 0 Å². The Labute approximate surface area is 122 Å². The van der Waals surface area contributed by atoms with Gasteiger partial charge in [0.25, 0.3) is 0 Å². The summed E-state index contributed by atoms with van der Waals surface area (Å²) in [4.78, 5) is 9.52. The van der Waals surface area contributed by atoms with Gasteiger partial charge in [-0.25, -0.2) is 4.98 Å². The molecular weight excluding hydrogens is 272 g/mol. The molecule has 0 bridgehead atoms. The van der Waals surface area contributed by atoms with Crippen molar-refractivity contribution in [3.05, 3.63) is 18.2 Å². The van der Waals surface area contributed by atoms with Crippen molar-refractivity contribution in [1.29, 1.82) is 0 Å². The lowest BCUT2D eigenvalue weighted by Crippen LogP contribution is -2.47. The number of thiazole rings is 1. The minimum Gasteiger partial charge on any atom is -0.494 e. The lowest BCUT2D eigenvalue weighted by Gasteiger charge is -2.34. The molecule has 5 nitrogen and oxygen atoms in total. The number of hydrogen-bond acceptors (Lipinski definition) is 6. The van der Waals surface area contributed by atoms with E-state index in [4.69, 9.17) is 15.5 Å². The van der Waals surface area contributed by atoms with E-state index in [9.17, 15) is 0 Å². The minimum absolute atomic E-state index is 0.734. The van der Waals surface area contributed by atoms with Crippen LogP contribution in [0, 0.1) is 0 Å². The molecule has 0 amide bonds. The first kappa shape index (κ1) is 13.6. The van der Waals surface area contributed by atoms with Crippen molar-refractivity contribution in [2.75, 3.05) is 51.3 Å². The maximum atomic E-state index is 5.61. The average molecular weight is 292 g/mol. The van der Waals surface area contributed by atoms with Crippen LogP contribution in [0.3, 0.4) is 0 Å². The number of fused-ring (bicyclic) bond motifs is 1. The van der Waals surface area contributed by atoms with Gasteiger partial charge in [0, 0.05) is 39.3 Å². The minimum atomic E-state index is 0.734. The third kappa shape index (κ3) is 2.59. The van der Waals surface area contributed by atoms with Crippen LogP contribution >= 0.6 is 11.3 Å². The van der Waals surface area contributed by atoms with Crippen molar-refractivity contribution in [2.45, 2.75) is 0 Å². The summed E-state index contributed by atoms with van der Waals surface area (Å²) in [5.74, 6) is 0.853. The molecule has 6 heteroatoms. The summed E-state index contributed by atoms with van der Waals surface area (Å²) < 4.78 is 6.56. The molecule has 2 aromatic rings. The van der Waals surface area contributed by atoms with E-state index >= 15 is 0 Å². The summed E-state index contributed by atoms with van der Waals surface area (Å²) in [6, 6.07) is 6.08. The molecule has 0 aliphatic carbocycles. The number of nitrogens with two attached hydrogens (primary N) is 1. The zero-order chi connectivity index (χ0) is 13.9. The molecule has 1 aliphatic heterocycles. The van der Waals surface area contributed by atoms with Crippen LogP contribution in [0.5, 0.6) is 5.75 Å². The molecule has 3 rings (SSSR count). The summed E-state index contributed by atoms with van der Waals surface area (Å²) in [5, 5.41) is 1.09. The van der Waals surface area contributed by atoms with E-state index < -0.39 is 0 Å². The summed E-state index contributed by atoms with van der Waals surface area (Å²) in [5.41, 5.74) is 6.58. The van der Waals surface area contributed by atoms with Gasteiger partial charge in [-0.2, -0.15) is 0 Å². The summed E-state index contributed by atoms with van der Waals surface area (Å²) in [7, 11) is 1.69. The van der Waals surface area contributed by atoms with Gasteiger partial charge in [-0.3, -0.25) is 4.90 Å². The highest BCUT2D eigenvalue weighted by Gasteiger charge is 2.20. The number of anilines is 1. The number of hydrogen-bond donors (Lipinski definition) is 1. The second kappa shape index (κ2) is 5.95. The van der Waals surface area contributed by atoms with E-state index in [1.54, 1.807) is 18.4 Å². The number of rotatable bonds is 4. The maximum absolute atomic E-state index is 5.61. The van der Waals surface area contributed by atoms with Crippen LogP contribution in [-0.4, -0.2) is 56.3 Å². The Morgan fingerprint density at radius 3 is 2.80 bits per heavy atom. The van der Waals surface area contributed by atoms with Crippen LogP contribution in [0.15, 0.2) is 18.2 Å². The SMILES string of the molecule is COc1cccc2sc(N3CCN(CCN)CC3)nc12. The number of methoxy groups -OCH3 is 1. The summed E-state index contributed by atoms with van der Waals surface area (Å²) in [6.07, 6.45) is 0. The van der Waals surface area contributed by atoms with Gasteiger partial charge in [0.1, 0.15) is 11.3 Å². The van der Waals surface area contributed by atoms with E-state index in [1.807, 2.05) is 12.1 Å². The fraction of sp³-hybridized carbons (Fsp3) is 0.500. The van der Waals surface area contributed by atoms with Crippen LogP contribution in [0.4, 0.5) is 5.13 Å². The van der Waals surface area contributed by atoms with Gasteiger partial charge in [0.15, 0.2) is 5.13 Å². The molecule has 0 saturated carbocycles. The Morgan fingerprint density at radius 2 is 2.10 bits per heavy atom. The Hall–Kier alpha value is -1.37. The van der Waals surface area contributed by atoms with E-state index in [2.05, 4.69) is 15.9 Å². The molecule has 1 aromatic carbocycles. The molecule has 2 heterocycles. The number of aromatic nitrogens is 1. The van der Waals surface area contributed by atoms with Gasteiger partial charge in [0.2, 0.25) is 0 Å². The largest absolute Gasteiger partial charge is 0.494 e. The fourth-order valence-corrected chi connectivity index (χ4v) is 3.59. The molecule has 0 unspecified atom stereocenters. The number of para-hydroxylation sites is 1. The normalized spacial score (nSPS) is 16.8. The molecular formula is C14H20N4OS. The van der Waals surface area contributed by atoms with Crippen LogP contribution in [0.1, 0.15) is 0 Å². The number of nitrogens with zero attached hydrogens (tertiary/aromatic N) is 3. The molecule has 20 heavy (non-hydrogen) atoms. The smallest absolute Gasteiger partial charge is 0.186 e. The average Bonchev–Trinajstić information content (AvgIpc) is 2.92. The van der Waals surface area contributed by atoms with Gasteiger partial charge in [-0.1, -0.05) is 17.4 Å². The van der Waals surface area contributed by atoms with Gasteiger partial charge in [-0.05, 0) is 12.1 Å². The van der Waals surface area contributed by atoms with E-state index in [0.717, 1.165) is 55.7 Å². The Kier molecular flexibility index (Phi) is 4.05. The Bertz CT molecular complexity index is 578. The highest BCUT2D eigenvalue weighted by molar-refractivity contribution is 7.22. The molecule has 2 N–H and O–H groups in total. The zero-order valence-electron chi connectivity index (χ0n) is 11.7. The molecule has 0 radical (unpaired) electrons. The number of benzene rings is 1. The molecule has 1 saturated heterocycles. The topological polar surface area (TPSA) is 54.6 Å². The Balaban J connectivity index is 1.78. The van der Waals surface area contributed by atoms with Crippen LogP contribution < -0.4 is 15.4 Å². The summed E-state index contributed by atoms with van der Waals surface area (Å²) >= 11 is 1.74. The second-order valence-electron chi connectivity index (χ2n) is 4.92. The highest BCUT2D eigenvalue weighted by atomic mass is 32.1. The monoisotopic (exact) mass is 292 g/mol. The molecule has 1 fully saturated rings. The van der Waals surface area contributed by atoms with Crippen molar-refractivity contribution < 1.29 is 4.74 Å². The first-order valence-corrected chi connectivity index (χ1v) is 7.74. The highest BCUT2D eigenvalue weighted by Crippen LogP contribution is 2.34. The van der Waals surface area contributed by atoms with Crippen LogP contribution in [-0.2, 0) is 0 Å². The maximum Gasteiger partial charge on any atom is 0.186 e. The third-order valence-corrected chi connectivity index (χ3v) is 4.76. The van der Waals surface area contributed by atoms with Crippen LogP contribution in [0.25, 0.3) is 10.2 Å². The number of piperazine rings is 1. The molecule has 1 aromatic heterocycles. The first-order chi connectivity index (χ1) is 9.81. The standard InChI is InChI=1S/C14H20N4OS/c1-19-11-3-2-4-12-13(11)16-14(20-12)18-9-7-17(6-5-15)8-10-18/h2-4H,5-10,15H2,1H3. The molecule has 108 valence electrons. The van der Waals surface area contributed by atoms with Gasteiger partial charge in [0.05, 0.1) is 11.8 Å². The lowest BCUT2D eigenvalue weighted by molar-refractivity contribution is 0.265. The quantitative estimate of drug-likeness (QED) is 0.923. The van der Waals surface area contributed by atoms with Gasteiger partial charge < -0.3 is 15.4 Å². The van der Waals surface area contributed by atoms with Crippen molar-refractivity contribution >= 4 is 26.7 Å².